The van der Waals surface area contributed by atoms with E-state index >= 15 is 0 Å². The Hall–Kier alpha value is -3.54. The second kappa shape index (κ2) is 9.51. The summed E-state index contributed by atoms with van der Waals surface area (Å²) in [6, 6.07) is 15.5. The van der Waals surface area contributed by atoms with E-state index in [1.54, 1.807) is 32.6 Å². The molecule has 1 amide bonds. The first-order valence-corrected chi connectivity index (χ1v) is 10.4. The second-order valence-corrected chi connectivity index (χ2v) is 7.42. The molecule has 0 N–H and O–H groups in total. The molecule has 4 rings (SSSR count). The number of benzene rings is 2. The fourth-order valence-corrected chi connectivity index (χ4v) is 3.77. The van der Waals surface area contributed by atoms with Crippen LogP contribution in [0, 0.1) is 0 Å². The van der Waals surface area contributed by atoms with Crippen LogP contribution in [0.25, 0.3) is 17.0 Å². The van der Waals surface area contributed by atoms with Crippen molar-refractivity contribution in [2.45, 2.75) is 18.9 Å². The van der Waals surface area contributed by atoms with Crippen LogP contribution in [-0.4, -0.2) is 49.2 Å². The fraction of sp³-hybridized carbons (Fsp3) is 0.280. The van der Waals surface area contributed by atoms with Crippen LogP contribution in [0.5, 0.6) is 17.2 Å². The first-order chi connectivity index (χ1) is 15.2. The number of hydrogen-bond acceptors (Lipinski definition) is 5. The lowest BCUT2D eigenvalue weighted by Gasteiger charge is -2.31. The molecule has 1 aliphatic heterocycles. The molecule has 0 saturated carbocycles. The Morgan fingerprint density at radius 1 is 1.00 bits per heavy atom. The molecule has 1 fully saturated rings. The molecule has 6 nitrogen and oxygen atoms in total. The fourth-order valence-electron chi connectivity index (χ4n) is 3.77. The van der Waals surface area contributed by atoms with Crippen LogP contribution in [0.2, 0.25) is 0 Å². The summed E-state index contributed by atoms with van der Waals surface area (Å²) >= 11 is 0. The number of nitrogens with zero attached hydrogens (tertiary/aromatic N) is 2. The third-order valence-corrected chi connectivity index (χ3v) is 5.47. The largest absolute Gasteiger partial charge is 0.493 e. The summed E-state index contributed by atoms with van der Waals surface area (Å²) in [5.74, 6) is 2.10. The van der Waals surface area contributed by atoms with E-state index in [9.17, 15) is 4.79 Å². The van der Waals surface area contributed by atoms with Crippen LogP contribution in [0.1, 0.15) is 18.4 Å². The number of carbonyl (C=O) groups excluding carboxylic acids is 1. The van der Waals surface area contributed by atoms with Crippen LogP contribution < -0.4 is 14.2 Å². The molecule has 0 aliphatic carbocycles. The Morgan fingerprint density at radius 3 is 2.55 bits per heavy atom. The van der Waals surface area contributed by atoms with Gasteiger partial charge in [-0.2, -0.15) is 0 Å². The van der Waals surface area contributed by atoms with Crippen molar-refractivity contribution in [3.8, 4) is 17.2 Å². The van der Waals surface area contributed by atoms with E-state index in [1.165, 1.54) is 0 Å². The lowest BCUT2D eigenvalue weighted by Crippen LogP contribution is -2.41. The smallest absolute Gasteiger partial charge is 0.246 e. The third-order valence-electron chi connectivity index (χ3n) is 5.47. The number of pyridine rings is 1. The van der Waals surface area contributed by atoms with Gasteiger partial charge in [-0.1, -0.05) is 24.3 Å². The van der Waals surface area contributed by atoms with Gasteiger partial charge in [-0.25, -0.2) is 0 Å². The lowest BCUT2D eigenvalue weighted by atomic mass is 10.1. The van der Waals surface area contributed by atoms with Crippen LogP contribution >= 0.6 is 0 Å². The number of piperidine rings is 1. The average molecular weight is 418 g/mol. The Labute approximate surface area is 182 Å². The minimum Gasteiger partial charge on any atom is -0.493 e. The van der Waals surface area contributed by atoms with E-state index in [1.807, 2.05) is 53.4 Å². The van der Waals surface area contributed by atoms with Crippen LogP contribution in [0.3, 0.4) is 0 Å². The summed E-state index contributed by atoms with van der Waals surface area (Å²) in [4.78, 5) is 18.9. The van der Waals surface area contributed by atoms with Gasteiger partial charge in [0.05, 0.1) is 14.2 Å². The van der Waals surface area contributed by atoms with E-state index in [2.05, 4.69) is 4.98 Å². The van der Waals surface area contributed by atoms with Gasteiger partial charge in [0.25, 0.3) is 0 Å². The predicted octanol–water partition coefficient (Wildman–Crippen LogP) is 4.34. The minimum absolute atomic E-state index is 0.0000578. The molecule has 6 heteroatoms. The van der Waals surface area contributed by atoms with E-state index in [-0.39, 0.29) is 12.0 Å². The second-order valence-electron chi connectivity index (χ2n) is 7.42. The maximum Gasteiger partial charge on any atom is 0.246 e. The summed E-state index contributed by atoms with van der Waals surface area (Å²) in [7, 11) is 3.19. The molecule has 0 bridgehead atoms. The number of rotatable bonds is 6. The van der Waals surface area contributed by atoms with E-state index in [0.29, 0.717) is 24.6 Å². The Morgan fingerprint density at radius 2 is 1.77 bits per heavy atom. The van der Waals surface area contributed by atoms with E-state index < -0.39 is 0 Å². The quantitative estimate of drug-likeness (QED) is 0.558. The van der Waals surface area contributed by atoms with Gasteiger partial charge in [0.1, 0.15) is 17.4 Å². The molecule has 0 atom stereocenters. The molecule has 0 unspecified atom stereocenters. The Kier molecular flexibility index (Phi) is 6.36. The molecule has 0 spiro atoms. The highest BCUT2D eigenvalue weighted by atomic mass is 16.5. The van der Waals surface area contributed by atoms with Crippen LogP contribution in [0.15, 0.2) is 60.8 Å². The maximum absolute atomic E-state index is 12.6. The zero-order valence-corrected chi connectivity index (χ0v) is 17.8. The van der Waals surface area contributed by atoms with Crippen LogP contribution in [0.4, 0.5) is 0 Å². The van der Waals surface area contributed by atoms with Gasteiger partial charge < -0.3 is 19.1 Å². The number of ether oxygens (including phenoxy) is 3. The zero-order valence-electron chi connectivity index (χ0n) is 17.8. The molecule has 1 saturated heterocycles. The Bertz CT molecular complexity index is 1080. The highest BCUT2D eigenvalue weighted by Crippen LogP contribution is 2.28. The number of carbonyl (C=O) groups is 1. The lowest BCUT2D eigenvalue weighted by molar-refractivity contribution is -0.127. The van der Waals surface area contributed by atoms with Gasteiger partial charge in [0, 0.05) is 43.6 Å². The molecule has 31 heavy (non-hydrogen) atoms. The normalized spacial score (nSPS) is 14.7. The first kappa shape index (κ1) is 20.7. The first-order valence-electron chi connectivity index (χ1n) is 10.4. The van der Waals surface area contributed by atoms with Crippen molar-refractivity contribution in [3.05, 3.63) is 66.4 Å². The van der Waals surface area contributed by atoms with Crippen molar-refractivity contribution >= 4 is 22.9 Å². The van der Waals surface area contributed by atoms with E-state index in [0.717, 1.165) is 35.1 Å². The number of amides is 1. The molecular formula is C25H26N2O4. The number of aromatic nitrogens is 1. The highest BCUT2D eigenvalue weighted by molar-refractivity contribution is 5.92. The van der Waals surface area contributed by atoms with Gasteiger partial charge in [-0.3, -0.25) is 9.78 Å². The monoisotopic (exact) mass is 418 g/mol. The molecule has 2 aromatic carbocycles. The summed E-state index contributed by atoms with van der Waals surface area (Å²) in [5.41, 5.74) is 1.76. The minimum atomic E-state index is 0.0000578. The zero-order chi connectivity index (χ0) is 21.6. The van der Waals surface area contributed by atoms with Crippen LogP contribution in [-0.2, 0) is 4.79 Å². The number of hydrogen-bond donors (Lipinski definition) is 0. The summed E-state index contributed by atoms with van der Waals surface area (Å²) in [5, 5.41) is 1.06. The number of methoxy groups -OCH3 is 2. The SMILES string of the molecule is COc1ccc(/C=C/C(=O)N2CCC(Oc3cccc4cccnc34)CC2)cc1OC. The van der Waals surface area contributed by atoms with Crippen molar-refractivity contribution in [1.82, 2.24) is 9.88 Å². The van der Waals surface area contributed by atoms with Crippen molar-refractivity contribution in [3.63, 3.8) is 0 Å². The number of fused-ring (bicyclic) bond motifs is 1. The van der Waals surface area contributed by atoms with Gasteiger partial charge in [-0.15, -0.1) is 0 Å². The van der Waals surface area contributed by atoms with Crippen molar-refractivity contribution < 1.29 is 19.0 Å². The van der Waals surface area contributed by atoms with Crippen molar-refractivity contribution in [1.29, 1.82) is 0 Å². The molecule has 160 valence electrons. The number of para-hydroxylation sites is 1. The van der Waals surface area contributed by atoms with Gasteiger partial charge in [0.2, 0.25) is 5.91 Å². The molecule has 0 radical (unpaired) electrons. The number of likely N-dealkylation sites (tertiary alicyclic amines) is 1. The molecule has 3 aromatic rings. The van der Waals surface area contributed by atoms with Gasteiger partial charge in [-0.05, 0) is 35.9 Å². The average Bonchev–Trinajstić information content (AvgIpc) is 2.83. The maximum atomic E-state index is 12.6. The molecule has 1 aliphatic rings. The van der Waals surface area contributed by atoms with E-state index in [4.69, 9.17) is 14.2 Å². The van der Waals surface area contributed by atoms with Crippen molar-refractivity contribution in [2.75, 3.05) is 27.3 Å². The van der Waals surface area contributed by atoms with Gasteiger partial charge in [0.15, 0.2) is 11.5 Å². The molecular weight excluding hydrogens is 392 g/mol. The molecule has 2 heterocycles. The predicted molar refractivity (Wildman–Crippen MR) is 121 cm³/mol. The Balaban J connectivity index is 1.34. The molecule has 1 aromatic heterocycles. The van der Waals surface area contributed by atoms with Crippen molar-refractivity contribution in [2.24, 2.45) is 0 Å². The summed E-state index contributed by atoms with van der Waals surface area (Å²) < 4.78 is 16.8. The van der Waals surface area contributed by atoms with Gasteiger partial charge >= 0.3 is 0 Å². The standard InChI is InChI=1S/C25H26N2O4/c1-29-21-10-8-18(17-23(21)30-2)9-11-24(28)27-15-12-20(13-16-27)31-22-7-3-5-19-6-4-14-26-25(19)22/h3-11,14,17,20H,12-13,15-16H2,1-2H3/b11-9+. The highest BCUT2D eigenvalue weighted by Gasteiger charge is 2.23. The third kappa shape index (κ3) is 4.79. The summed E-state index contributed by atoms with van der Waals surface area (Å²) in [6.07, 6.45) is 6.84. The summed E-state index contributed by atoms with van der Waals surface area (Å²) in [6.45, 7) is 1.33. The topological polar surface area (TPSA) is 60.9 Å².